The summed E-state index contributed by atoms with van der Waals surface area (Å²) in [6.45, 7) is 2.58. The minimum Gasteiger partial charge on any atom is -0.465 e. The highest BCUT2D eigenvalue weighted by molar-refractivity contribution is 9.10. The molecule has 160 valence electrons. The van der Waals surface area contributed by atoms with E-state index >= 15 is 0 Å². The zero-order chi connectivity index (χ0) is 21.3. The molecule has 4 rings (SSSR count). The van der Waals surface area contributed by atoms with Gasteiger partial charge in [-0.15, -0.1) is 0 Å². The maximum atomic E-state index is 13.1. The van der Waals surface area contributed by atoms with Gasteiger partial charge in [0.2, 0.25) is 0 Å². The van der Waals surface area contributed by atoms with Gasteiger partial charge in [-0.05, 0) is 57.2 Å². The molecule has 0 spiro atoms. The summed E-state index contributed by atoms with van der Waals surface area (Å²) < 4.78 is 17.8. The number of carbonyl (C=O) groups excluding carboxylic acids is 1. The van der Waals surface area contributed by atoms with Crippen LogP contribution in [0.2, 0.25) is 0 Å². The lowest BCUT2D eigenvalue weighted by atomic mass is 9.61. The second-order valence-corrected chi connectivity index (χ2v) is 8.62. The van der Waals surface area contributed by atoms with Crippen molar-refractivity contribution < 1.29 is 23.9 Å². The van der Waals surface area contributed by atoms with Crippen LogP contribution in [-0.4, -0.2) is 41.5 Å². The van der Waals surface area contributed by atoms with E-state index in [1.807, 2.05) is 6.07 Å². The van der Waals surface area contributed by atoms with Crippen molar-refractivity contribution in [3.8, 4) is 0 Å². The molecule has 2 heterocycles. The number of esters is 1. The molecule has 1 unspecified atom stereocenters. The maximum Gasteiger partial charge on any atom is 0.317 e. The highest BCUT2D eigenvalue weighted by Crippen LogP contribution is 2.52. The van der Waals surface area contributed by atoms with Gasteiger partial charge in [-0.1, -0.05) is 15.9 Å². The Morgan fingerprint density at radius 2 is 2.20 bits per heavy atom. The van der Waals surface area contributed by atoms with E-state index in [0.717, 1.165) is 23.7 Å². The number of ether oxygens (including phenoxy) is 3. The topological polar surface area (TPSA) is 101 Å². The molecule has 1 aliphatic heterocycles. The van der Waals surface area contributed by atoms with Crippen LogP contribution in [0.3, 0.4) is 0 Å². The summed E-state index contributed by atoms with van der Waals surface area (Å²) in [5.74, 6) is -0.468. The number of pyridine rings is 1. The zero-order valence-corrected chi connectivity index (χ0v) is 18.2. The maximum absolute atomic E-state index is 13.1. The number of nitro groups is 1. The third-order valence-electron chi connectivity index (χ3n) is 5.79. The Hall–Kier alpha value is -2.10. The predicted molar refractivity (Wildman–Crippen MR) is 112 cm³/mol. The van der Waals surface area contributed by atoms with Crippen LogP contribution in [0, 0.1) is 10.1 Å². The van der Waals surface area contributed by atoms with Gasteiger partial charge in [-0.3, -0.25) is 14.9 Å². The third kappa shape index (κ3) is 3.81. The van der Waals surface area contributed by atoms with Crippen molar-refractivity contribution in [2.75, 3.05) is 13.2 Å². The van der Waals surface area contributed by atoms with Gasteiger partial charge < -0.3 is 14.2 Å². The first-order valence-electron chi connectivity index (χ1n) is 10.1. The van der Waals surface area contributed by atoms with Crippen LogP contribution < -0.4 is 0 Å². The van der Waals surface area contributed by atoms with E-state index in [2.05, 4.69) is 20.9 Å². The molecule has 1 atom stereocenters. The molecule has 1 aromatic heterocycles. The lowest BCUT2D eigenvalue weighted by Crippen LogP contribution is -2.54. The number of benzene rings is 1. The number of carbonyl (C=O) groups is 1. The molecule has 30 heavy (non-hydrogen) atoms. The van der Waals surface area contributed by atoms with Crippen LogP contribution in [0.4, 0.5) is 5.69 Å². The molecule has 9 heteroatoms. The molecular formula is C21H23BrN2O6. The van der Waals surface area contributed by atoms with Crippen LogP contribution >= 0.6 is 15.9 Å². The molecule has 0 amide bonds. The third-order valence-corrected chi connectivity index (χ3v) is 6.28. The largest absolute Gasteiger partial charge is 0.465 e. The lowest BCUT2D eigenvalue weighted by molar-refractivity contribution is -0.386. The van der Waals surface area contributed by atoms with Gasteiger partial charge in [-0.2, -0.15) is 0 Å². The van der Waals surface area contributed by atoms with Gasteiger partial charge >= 0.3 is 5.97 Å². The molecule has 2 aliphatic rings. The Bertz CT molecular complexity index is 969. The Morgan fingerprint density at radius 1 is 1.40 bits per heavy atom. The Morgan fingerprint density at radius 3 is 2.87 bits per heavy atom. The summed E-state index contributed by atoms with van der Waals surface area (Å²) in [7, 11) is 0. The van der Waals surface area contributed by atoms with E-state index in [0.29, 0.717) is 35.9 Å². The molecule has 0 radical (unpaired) electrons. The SMILES string of the molecule is CCOC(=O)C1(c2c([N+](=O)[O-])cnc3ccc(Br)cc23)CC(OC2CCCCO2)C1. The van der Waals surface area contributed by atoms with E-state index in [-0.39, 0.29) is 24.7 Å². The van der Waals surface area contributed by atoms with Crippen molar-refractivity contribution in [3.05, 3.63) is 44.5 Å². The fourth-order valence-electron chi connectivity index (χ4n) is 4.38. The zero-order valence-electron chi connectivity index (χ0n) is 16.6. The van der Waals surface area contributed by atoms with Crippen molar-refractivity contribution in [2.45, 2.75) is 56.8 Å². The number of halogens is 1. The molecule has 1 aliphatic carbocycles. The van der Waals surface area contributed by atoms with Gasteiger partial charge in [0.1, 0.15) is 11.6 Å². The van der Waals surface area contributed by atoms with Crippen LogP contribution in [0.1, 0.15) is 44.6 Å². The lowest BCUT2D eigenvalue weighted by Gasteiger charge is -2.46. The van der Waals surface area contributed by atoms with E-state index in [9.17, 15) is 14.9 Å². The highest BCUT2D eigenvalue weighted by atomic mass is 79.9. The Balaban J connectivity index is 1.76. The molecule has 8 nitrogen and oxygen atoms in total. The first kappa shape index (κ1) is 21.1. The quantitative estimate of drug-likeness (QED) is 0.344. The molecule has 0 N–H and O–H groups in total. The first-order chi connectivity index (χ1) is 14.4. The van der Waals surface area contributed by atoms with Gasteiger partial charge in [0.05, 0.1) is 28.7 Å². The highest BCUT2D eigenvalue weighted by Gasteiger charge is 2.57. The van der Waals surface area contributed by atoms with Crippen molar-refractivity contribution in [1.29, 1.82) is 0 Å². The van der Waals surface area contributed by atoms with Gasteiger partial charge in [0.25, 0.3) is 5.69 Å². The number of nitrogens with zero attached hydrogens (tertiary/aromatic N) is 2. The van der Waals surface area contributed by atoms with Crippen molar-refractivity contribution >= 4 is 38.5 Å². The van der Waals surface area contributed by atoms with Crippen LogP contribution in [0.25, 0.3) is 10.9 Å². The average Bonchev–Trinajstić information content (AvgIpc) is 2.70. The number of aromatic nitrogens is 1. The fourth-order valence-corrected chi connectivity index (χ4v) is 4.75. The van der Waals surface area contributed by atoms with Crippen molar-refractivity contribution in [2.24, 2.45) is 0 Å². The molecule has 1 aromatic carbocycles. The second-order valence-electron chi connectivity index (χ2n) is 7.70. The Kier molecular flexibility index (Phi) is 6.04. The van der Waals surface area contributed by atoms with Gasteiger partial charge in [0.15, 0.2) is 6.29 Å². The summed E-state index contributed by atoms with van der Waals surface area (Å²) in [5, 5.41) is 12.4. The van der Waals surface area contributed by atoms with Crippen molar-refractivity contribution in [3.63, 3.8) is 0 Å². The number of hydrogen-bond donors (Lipinski definition) is 0. The fraction of sp³-hybridized carbons (Fsp3) is 0.524. The van der Waals surface area contributed by atoms with Gasteiger partial charge in [-0.25, -0.2) is 4.98 Å². The first-order valence-corrected chi connectivity index (χ1v) is 10.9. The monoisotopic (exact) mass is 478 g/mol. The molecule has 2 fully saturated rings. The van der Waals surface area contributed by atoms with Crippen LogP contribution in [0.5, 0.6) is 0 Å². The normalized spacial score (nSPS) is 26.2. The standard InChI is InChI=1S/C21H23BrN2O6/c1-2-28-20(25)21(10-14(11-21)30-18-5-3-4-8-29-18)19-15-9-13(22)6-7-16(15)23-12-17(19)24(26)27/h6-7,9,12,14,18H,2-5,8,10-11H2,1H3. The summed E-state index contributed by atoms with van der Waals surface area (Å²) in [5.41, 5.74) is -0.398. The van der Waals surface area contributed by atoms with E-state index in [1.165, 1.54) is 6.20 Å². The summed E-state index contributed by atoms with van der Waals surface area (Å²) in [6, 6.07) is 5.35. The molecular weight excluding hydrogens is 456 g/mol. The Labute approximate surface area is 182 Å². The van der Waals surface area contributed by atoms with Gasteiger partial charge in [0, 0.05) is 16.5 Å². The second kappa shape index (κ2) is 8.56. The van der Waals surface area contributed by atoms with Crippen molar-refractivity contribution in [1.82, 2.24) is 4.98 Å². The average molecular weight is 479 g/mol. The number of hydrogen-bond acceptors (Lipinski definition) is 7. The van der Waals surface area contributed by atoms with E-state index in [1.54, 1.807) is 19.1 Å². The smallest absolute Gasteiger partial charge is 0.317 e. The molecule has 0 bridgehead atoms. The number of rotatable bonds is 6. The predicted octanol–water partition coefficient (Wildman–Crippen LogP) is 4.41. The van der Waals surface area contributed by atoms with Crippen LogP contribution in [0.15, 0.2) is 28.9 Å². The summed E-state index contributed by atoms with van der Waals surface area (Å²) in [6.07, 6.45) is 4.18. The van der Waals surface area contributed by atoms with Crippen LogP contribution in [-0.2, 0) is 24.4 Å². The van der Waals surface area contributed by atoms with E-state index in [4.69, 9.17) is 14.2 Å². The molecule has 1 saturated heterocycles. The van der Waals surface area contributed by atoms with E-state index < -0.39 is 16.3 Å². The molecule has 1 saturated carbocycles. The number of fused-ring (bicyclic) bond motifs is 1. The summed E-state index contributed by atoms with van der Waals surface area (Å²) >= 11 is 3.43. The minimum absolute atomic E-state index is 0.180. The minimum atomic E-state index is -1.15. The molecule has 2 aromatic rings. The summed E-state index contributed by atoms with van der Waals surface area (Å²) in [4.78, 5) is 28.7.